The molecule has 0 saturated carbocycles. The van der Waals surface area contributed by atoms with Gasteiger partial charge in [0.2, 0.25) is 0 Å². The highest BCUT2D eigenvalue weighted by molar-refractivity contribution is 5.98. The minimum Gasteiger partial charge on any atom is -0.493 e. The van der Waals surface area contributed by atoms with E-state index in [1.807, 2.05) is 6.92 Å². The van der Waals surface area contributed by atoms with Gasteiger partial charge in [-0.25, -0.2) is 5.43 Å². The van der Waals surface area contributed by atoms with Crippen molar-refractivity contribution in [3.8, 4) is 11.5 Å². The third-order valence-corrected chi connectivity index (χ3v) is 3.50. The maximum Gasteiger partial charge on any atom is 0.259 e. The summed E-state index contributed by atoms with van der Waals surface area (Å²) in [6.07, 6.45) is 0. The van der Waals surface area contributed by atoms with Gasteiger partial charge >= 0.3 is 0 Å². The fourth-order valence-electron chi connectivity index (χ4n) is 2.11. The summed E-state index contributed by atoms with van der Waals surface area (Å²) in [6.45, 7) is 3.31. The molecule has 2 N–H and O–H groups in total. The number of nitrogens with one attached hydrogen (secondary N) is 2. The van der Waals surface area contributed by atoms with Crippen molar-refractivity contribution in [2.45, 2.75) is 13.8 Å². The number of amides is 2. The Bertz CT molecular complexity index is 826. The summed E-state index contributed by atoms with van der Waals surface area (Å²) in [4.78, 5) is 24.0. The monoisotopic (exact) mass is 359 g/mol. The van der Waals surface area contributed by atoms with Gasteiger partial charge in [0.1, 0.15) is 17.2 Å². The van der Waals surface area contributed by atoms with Gasteiger partial charge in [-0.15, -0.1) is 0 Å². The molecule has 0 aliphatic heterocycles. The van der Waals surface area contributed by atoms with Crippen LogP contribution in [0.15, 0.2) is 39.9 Å². The highest BCUT2D eigenvalue weighted by Crippen LogP contribution is 2.27. The number of nitrogens with zero attached hydrogens (tertiary/aromatic N) is 1. The quantitative estimate of drug-likeness (QED) is 0.580. The average Bonchev–Trinajstić information content (AvgIpc) is 3.09. The second-order valence-corrected chi connectivity index (χ2v) is 5.39. The molecule has 2 amide bonds. The number of hydrogen-bond donors (Lipinski definition) is 2. The van der Waals surface area contributed by atoms with Crippen molar-refractivity contribution in [3.63, 3.8) is 0 Å². The number of benzene rings is 1. The molecule has 1 heterocycles. The molecule has 0 bridgehead atoms. The molecule has 0 radical (unpaired) electrons. The Labute approximate surface area is 151 Å². The number of hydrazone groups is 1. The lowest BCUT2D eigenvalue weighted by Crippen LogP contribution is -2.35. The molecule has 8 nitrogen and oxygen atoms in total. The van der Waals surface area contributed by atoms with E-state index in [-0.39, 0.29) is 6.54 Å². The molecule has 1 aromatic heterocycles. The van der Waals surface area contributed by atoms with Crippen molar-refractivity contribution in [2.75, 3.05) is 20.8 Å². The largest absolute Gasteiger partial charge is 0.493 e. The van der Waals surface area contributed by atoms with E-state index in [4.69, 9.17) is 13.9 Å². The molecule has 0 unspecified atom stereocenters. The molecule has 8 heteroatoms. The number of methoxy groups -OCH3 is 2. The van der Waals surface area contributed by atoms with Crippen LogP contribution in [0.25, 0.3) is 0 Å². The Hall–Kier alpha value is -3.29. The van der Waals surface area contributed by atoms with E-state index in [0.717, 1.165) is 5.76 Å². The number of aryl methyl sites for hydroxylation is 1. The number of rotatable bonds is 7. The zero-order valence-corrected chi connectivity index (χ0v) is 15.1. The van der Waals surface area contributed by atoms with Gasteiger partial charge in [-0.05, 0) is 44.2 Å². The van der Waals surface area contributed by atoms with Crippen LogP contribution in [0.3, 0.4) is 0 Å². The van der Waals surface area contributed by atoms with Crippen LogP contribution in [0.2, 0.25) is 0 Å². The third-order valence-electron chi connectivity index (χ3n) is 3.50. The third kappa shape index (κ3) is 4.85. The maximum atomic E-state index is 12.1. The first-order chi connectivity index (χ1) is 12.4. The maximum absolute atomic E-state index is 12.1. The van der Waals surface area contributed by atoms with E-state index in [2.05, 4.69) is 15.8 Å². The summed E-state index contributed by atoms with van der Waals surface area (Å²) in [5, 5.41) is 6.46. The summed E-state index contributed by atoms with van der Waals surface area (Å²) in [6, 6.07) is 8.30. The summed E-state index contributed by atoms with van der Waals surface area (Å²) in [5.41, 5.74) is 3.24. The van der Waals surface area contributed by atoms with Crippen LogP contribution in [0.1, 0.15) is 28.8 Å². The topological polar surface area (TPSA) is 102 Å². The molecular formula is C18H21N3O5. The molecule has 0 aliphatic carbocycles. The van der Waals surface area contributed by atoms with Gasteiger partial charge in [-0.1, -0.05) is 0 Å². The Morgan fingerprint density at radius 2 is 1.85 bits per heavy atom. The van der Waals surface area contributed by atoms with Gasteiger partial charge < -0.3 is 19.2 Å². The number of carbonyl (C=O) groups excluding carboxylic acids is 2. The number of hydrogen-bond acceptors (Lipinski definition) is 6. The Morgan fingerprint density at radius 1 is 1.12 bits per heavy atom. The van der Waals surface area contributed by atoms with Crippen LogP contribution >= 0.6 is 0 Å². The highest BCUT2D eigenvalue weighted by Gasteiger charge is 2.12. The fraction of sp³-hybridized carbons (Fsp3) is 0.278. The predicted octanol–water partition coefficient (Wildman–Crippen LogP) is 1.88. The van der Waals surface area contributed by atoms with Gasteiger partial charge in [-0.3, -0.25) is 9.59 Å². The second kappa shape index (κ2) is 8.70. The van der Waals surface area contributed by atoms with Gasteiger partial charge in [0.25, 0.3) is 11.8 Å². The standard InChI is InChI=1S/C18H21N3O5/c1-11-5-7-14(26-11)12(2)20-21-17(22)10-19-18(23)13-6-8-15(24-3)16(9-13)25-4/h5-9H,10H2,1-4H3,(H,19,23)(H,21,22). The molecule has 2 rings (SSSR count). The number of carbonyl (C=O) groups is 2. The second-order valence-electron chi connectivity index (χ2n) is 5.39. The summed E-state index contributed by atoms with van der Waals surface area (Å²) in [7, 11) is 2.99. The molecule has 0 atom stereocenters. The lowest BCUT2D eigenvalue weighted by atomic mass is 10.2. The summed E-state index contributed by atoms with van der Waals surface area (Å²) < 4.78 is 15.7. The summed E-state index contributed by atoms with van der Waals surface area (Å²) >= 11 is 0. The van der Waals surface area contributed by atoms with Gasteiger partial charge in [0.05, 0.1) is 20.8 Å². The van der Waals surface area contributed by atoms with Crippen molar-refractivity contribution in [1.82, 2.24) is 10.7 Å². The average molecular weight is 359 g/mol. The molecule has 26 heavy (non-hydrogen) atoms. The Kier molecular flexibility index (Phi) is 6.37. The van der Waals surface area contributed by atoms with E-state index in [1.54, 1.807) is 31.2 Å². The molecule has 0 saturated heterocycles. The van der Waals surface area contributed by atoms with Gasteiger partial charge in [-0.2, -0.15) is 5.10 Å². The Morgan fingerprint density at radius 3 is 2.46 bits per heavy atom. The van der Waals surface area contributed by atoms with Crippen LogP contribution in [0.5, 0.6) is 11.5 Å². The van der Waals surface area contributed by atoms with Crippen LogP contribution in [-0.4, -0.2) is 38.3 Å². The van der Waals surface area contributed by atoms with Crippen LogP contribution in [0, 0.1) is 6.92 Å². The van der Waals surface area contributed by atoms with E-state index < -0.39 is 11.8 Å². The van der Waals surface area contributed by atoms with E-state index in [0.29, 0.717) is 28.5 Å². The van der Waals surface area contributed by atoms with Crippen LogP contribution in [-0.2, 0) is 4.79 Å². The first-order valence-electron chi connectivity index (χ1n) is 7.84. The molecular weight excluding hydrogens is 338 g/mol. The smallest absolute Gasteiger partial charge is 0.259 e. The lowest BCUT2D eigenvalue weighted by molar-refractivity contribution is -0.120. The molecule has 2 aromatic rings. The SMILES string of the molecule is COc1ccc(C(=O)NCC(=O)NN=C(C)c2ccc(C)o2)cc1OC. The van der Waals surface area contributed by atoms with Crippen molar-refractivity contribution in [3.05, 3.63) is 47.4 Å². The molecule has 0 spiro atoms. The van der Waals surface area contributed by atoms with E-state index >= 15 is 0 Å². The Balaban J connectivity index is 1.89. The van der Waals surface area contributed by atoms with Crippen LogP contribution in [0.4, 0.5) is 0 Å². The first kappa shape index (κ1) is 19.0. The zero-order chi connectivity index (χ0) is 19.1. The predicted molar refractivity (Wildman–Crippen MR) is 95.7 cm³/mol. The lowest BCUT2D eigenvalue weighted by Gasteiger charge is -2.09. The minimum atomic E-state index is -0.457. The van der Waals surface area contributed by atoms with Gasteiger partial charge in [0.15, 0.2) is 11.5 Å². The normalized spacial score (nSPS) is 11.0. The van der Waals surface area contributed by atoms with E-state index in [9.17, 15) is 9.59 Å². The van der Waals surface area contributed by atoms with Crippen molar-refractivity contribution >= 4 is 17.5 Å². The number of ether oxygens (including phenoxy) is 2. The van der Waals surface area contributed by atoms with Gasteiger partial charge in [0, 0.05) is 5.56 Å². The summed E-state index contributed by atoms with van der Waals surface area (Å²) in [5.74, 6) is 1.39. The molecule has 0 aliphatic rings. The van der Waals surface area contributed by atoms with Crippen molar-refractivity contribution in [2.24, 2.45) is 5.10 Å². The fourth-order valence-corrected chi connectivity index (χ4v) is 2.11. The highest BCUT2D eigenvalue weighted by atomic mass is 16.5. The zero-order valence-electron chi connectivity index (χ0n) is 15.1. The van der Waals surface area contributed by atoms with Crippen LogP contribution < -0.4 is 20.2 Å². The van der Waals surface area contributed by atoms with E-state index in [1.165, 1.54) is 20.3 Å². The minimum absolute atomic E-state index is 0.221. The van der Waals surface area contributed by atoms with Crippen molar-refractivity contribution in [1.29, 1.82) is 0 Å². The van der Waals surface area contributed by atoms with Crippen molar-refractivity contribution < 1.29 is 23.5 Å². The molecule has 0 fully saturated rings. The first-order valence-corrected chi connectivity index (χ1v) is 7.84. The number of furan rings is 1. The molecule has 138 valence electrons. The molecule has 1 aromatic carbocycles.